The predicted molar refractivity (Wildman–Crippen MR) is 90.8 cm³/mol. The molecule has 120 valence electrons. The highest BCUT2D eigenvalue weighted by atomic mass is 15.3. The van der Waals surface area contributed by atoms with Crippen molar-refractivity contribution in [2.75, 3.05) is 31.1 Å². The molecular formula is C16H21N7. The van der Waals surface area contributed by atoms with Gasteiger partial charge in [-0.3, -0.25) is 0 Å². The second-order valence-corrected chi connectivity index (χ2v) is 5.58. The number of piperazine rings is 1. The minimum Gasteiger partial charge on any atom is -0.369 e. The van der Waals surface area contributed by atoms with Gasteiger partial charge in [-0.2, -0.15) is 4.99 Å². The average molecular weight is 311 g/mol. The Hall–Kier alpha value is -2.70. The van der Waals surface area contributed by atoms with Gasteiger partial charge in [-0.05, 0) is 32.0 Å². The van der Waals surface area contributed by atoms with Gasteiger partial charge in [0.15, 0.2) is 5.96 Å². The molecule has 3 heterocycles. The smallest absolute Gasteiger partial charge is 0.253 e. The maximum Gasteiger partial charge on any atom is 0.253 e. The van der Waals surface area contributed by atoms with E-state index in [1.54, 1.807) is 0 Å². The Labute approximate surface area is 135 Å². The van der Waals surface area contributed by atoms with Crippen LogP contribution in [0.2, 0.25) is 0 Å². The highest BCUT2D eigenvalue weighted by molar-refractivity contribution is 5.80. The number of pyridine rings is 1. The van der Waals surface area contributed by atoms with Crippen molar-refractivity contribution in [3.8, 4) is 0 Å². The number of rotatable bonds is 2. The van der Waals surface area contributed by atoms with Crippen LogP contribution in [0.3, 0.4) is 0 Å². The monoisotopic (exact) mass is 311 g/mol. The van der Waals surface area contributed by atoms with Gasteiger partial charge >= 0.3 is 0 Å². The summed E-state index contributed by atoms with van der Waals surface area (Å²) >= 11 is 0. The van der Waals surface area contributed by atoms with Crippen molar-refractivity contribution in [2.24, 2.45) is 10.7 Å². The van der Waals surface area contributed by atoms with Gasteiger partial charge in [0.2, 0.25) is 0 Å². The number of aromatic nitrogens is 3. The molecule has 2 aromatic heterocycles. The van der Waals surface area contributed by atoms with Crippen molar-refractivity contribution in [1.29, 1.82) is 0 Å². The normalized spacial score (nSPS) is 15.8. The van der Waals surface area contributed by atoms with Crippen LogP contribution < -0.4 is 10.6 Å². The van der Waals surface area contributed by atoms with E-state index in [1.807, 2.05) is 44.3 Å². The summed E-state index contributed by atoms with van der Waals surface area (Å²) in [6.07, 6.45) is 1.81. The molecule has 0 spiro atoms. The van der Waals surface area contributed by atoms with E-state index in [9.17, 15) is 0 Å². The first-order valence-corrected chi connectivity index (χ1v) is 7.69. The Kier molecular flexibility index (Phi) is 4.36. The van der Waals surface area contributed by atoms with Gasteiger partial charge in [-0.1, -0.05) is 6.07 Å². The summed E-state index contributed by atoms with van der Waals surface area (Å²) in [6, 6.07) is 7.87. The lowest BCUT2D eigenvalue weighted by atomic mass is 10.3. The molecular weight excluding hydrogens is 290 g/mol. The van der Waals surface area contributed by atoms with Crippen LogP contribution >= 0.6 is 0 Å². The van der Waals surface area contributed by atoms with Crippen LogP contribution in [0.4, 0.5) is 11.8 Å². The Bertz CT molecular complexity index is 671. The van der Waals surface area contributed by atoms with Crippen LogP contribution in [-0.4, -0.2) is 52.0 Å². The molecule has 0 bridgehead atoms. The lowest BCUT2D eigenvalue weighted by molar-refractivity contribution is 0.381. The van der Waals surface area contributed by atoms with Crippen molar-refractivity contribution < 1.29 is 0 Å². The number of nitrogens with zero attached hydrogens (tertiary/aromatic N) is 6. The molecule has 0 unspecified atom stereocenters. The average Bonchev–Trinajstić information content (AvgIpc) is 2.55. The van der Waals surface area contributed by atoms with Crippen LogP contribution in [0.1, 0.15) is 11.4 Å². The minimum absolute atomic E-state index is 0.423. The fourth-order valence-electron chi connectivity index (χ4n) is 2.64. The molecule has 1 aliphatic heterocycles. The largest absolute Gasteiger partial charge is 0.369 e. The van der Waals surface area contributed by atoms with Gasteiger partial charge < -0.3 is 15.5 Å². The Balaban J connectivity index is 1.66. The van der Waals surface area contributed by atoms with Crippen molar-refractivity contribution in [1.82, 2.24) is 19.9 Å². The maximum atomic E-state index is 6.13. The molecule has 0 aromatic carbocycles. The number of hydrogen-bond acceptors (Lipinski definition) is 5. The lowest BCUT2D eigenvalue weighted by Gasteiger charge is -2.35. The van der Waals surface area contributed by atoms with E-state index in [0.29, 0.717) is 11.9 Å². The maximum absolute atomic E-state index is 6.13. The molecule has 1 saturated heterocycles. The summed E-state index contributed by atoms with van der Waals surface area (Å²) in [5.74, 6) is 1.89. The number of aliphatic imine (C=N–C) groups is 1. The second kappa shape index (κ2) is 6.60. The summed E-state index contributed by atoms with van der Waals surface area (Å²) in [5, 5.41) is 0. The fourth-order valence-corrected chi connectivity index (χ4v) is 2.64. The molecule has 2 aromatic rings. The fraction of sp³-hybridized carbons (Fsp3) is 0.375. The van der Waals surface area contributed by atoms with Gasteiger partial charge in [0.25, 0.3) is 5.95 Å². The number of anilines is 1. The number of hydrogen-bond donors (Lipinski definition) is 1. The molecule has 1 fully saturated rings. The molecule has 7 heteroatoms. The standard InChI is InChI=1S/C16H21N7/c1-12-11-13(2)20-16(19-12)21-15(17)23-9-7-22(8-10-23)14-5-3-4-6-18-14/h3-6,11H,7-10H2,1-2H3,(H2,17,19,20,21). The zero-order valence-corrected chi connectivity index (χ0v) is 13.5. The summed E-state index contributed by atoms with van der Waals surface area (Å²) in [5.41, 5.74) is 7.91. The van der Waals surface area contributed by atoms with E-state index in [-0.39, 0.29) is 0 Å². The molecule has 3 rings (SSSR count). The van der Waals surface area contributed by atoms with Gasteiger partial charge in [0.05, 0.1) is 0 Å². The molecule has 1 aliphatic rings. The first-order chi connectivity index (χ1) is 11.1. The van der Waals surface area contributed by atoms with E-state index in [4.69, 9.17) is 5.73 Å². The van der Waals surface area contributed by atoms with E-state index in [0.717, 1.165) is 43.4 Å². The van der Waals surface area contributed by atoms with Gasteiger partial charge in [-0.15, -0.1) is 0 Å². The first-order valence-electron chi connectivity index (χ1n) is 7.69. The molecule has 23 heavy (non-hydrogen) atoms. The van der Waals surface area contributed by atoms with Crippen LogP contribution in [0.15, 0.2) is 35.5 Å². The van der Waals surface area contributed by atoms with Crippen LogP contribution in [0, 0.1) is 13.8 Å². The molecule has 0 saturated carbocycles. The number of nitrogens with two attached hydrogens (primary N) is 1. The highest BCUT2D eigenvalue weighted by Crippen LogP contribution is 2.13. The zero-order chi connectivity index (χ0) is 16.2. The third-order valence-corrected chi connectivity index (χ3v) is 3.76. The third kappa shape index (κ3) is 3.74. The Morgan fingerprint density at radius 2 is 1.78 bits per heavy atom. The summed E-state index contributed by atoms with van der Waals surface area (Å²) in [7, 11) is 0. The third-order valence-electron chi connectivity index (χ3n) is 3.76. The van der Waals surface area contributed by atoms with Crippen molar-refractivity contribution in [3.05, 3.63) is 41.9 Å². The first kappa shape index (κ1) is 15.2. The van der Waals surface area contributed by atoms with Crippen LogP contribution in [0.5, 0.6) is 0 Å². The molecule has 0 aliphatic carbocycles. The summed E-state index contributed by atoms with van der Waals surface area (Å²) in [6.45, 7) is 7.18. The molecule has 0 atom stereocenters. The van der Waals surface area contributed by atoms with E-state index in [1.165, 1.54) is 0 Å². The van der Waals surface area contributed by atoms with Gasteiger partial charge in [-0.25, -0.2) is 15.0 Å². The summed E-state index contributed by atoms with van der Waals surface area (Å²) < 4.78 is 0. The lowest BCUT2D eigenvalue weighted by Crippen LogP contribution is -2.51. The van der Waals surface area contributed by atoms with Crippen molar-refractivity contribution >= 4 is 17.7 Å². The molecule has 0 amide bonds. The topological polar surface area (TPSA) is 83.5 Å². The van der Waals surface area contributed by atoms with E-state index in [2.05, 4.69) is 29.7 Å². The molecule has 0 radical (unpaired) electrons. The Morgan fingerprint density at radius 1 is 1.09 bits per heavy atom. The molecule has 7 nitrogen and oxygen atoms in total. The highest BCUT2D eigenvalue weighted by Gasteiger charge is 2.19. The summed E-state index contributed by atoms with van der Waals surface area (Å²) in [4.78, 5) is 21.7. The quantitative estimate of drug-likeness (QED) is 0.664. The number of aryl methyl sites for hydroxylation is 2. The zero-order valence-electron chi connectivity index (χ0n) is 13.5. The van der Waals surface area contributed by atoms with Crippen molar-refractivity contribution in [2.45, 2.75) is 13.8 Å². The predicted octanol–water partition coefficient (Wildman–Crippen LogP) is 1.26. The second-order valence-electron chi connectivity index (χ2n) is 5.58. The van der Waals surface area contributed by atoms with E-state index >= 15 is 0 Å². The van der Waals surface area contributed by atoms with Crippen LogP contribution in [-0.2, 0) is 0 Å². The van der Waals surface area contributed by atoms with Crippen LogP contribution in [0.25, 0.3) is 0 Å². The minimum atomic E-state index is 0.423. The molecule has 2 N–H and O–H groups in total. The number of guanidine groups is 1. The van der Waals surface area contributed by atoms with E-state index < -0.39 is 0 Å². The van der Waals surface area contributed by atoms with Gasteiger partial charge in [0, 0.05) is 43.8 Å². The SMILES string of the molecule is Cc1cc(C)nc(/N=C(\N)N2CCN(c3ccccn3)CC2)n1. The van der Waals surface area contributed by atoms with Gasteiger partial charge in [0.1, 0.15) is 5.82 Å². The van der Waals surface area contributed by atoms with Crippen molar-refractivity contribution in [3.63, 3.8) is 0 Å². The Morgan fingerprint density at radius 3 is 2.39 bits per heavy atom.